The molecule has 0 heterocycles. The van der Waals surface area contributed by atoms with Crippen molar-refractivity contribution >= 4 is 158 Å². The summed E-state index contributed by atoms with van der Waals surface area (Å²) in [5.41, 5.74) is 0. The Bertz CT molecular complexity index is 24.9. The molecule has 19 heavy (non-hydrogen) atoms. The quantitative estimate of drug-likeness (QED) is 0.209. The third kappa shape index (κ3) is 443. The van der Waals surface area contributed by atoms with E-state index in [4.69, 9.17) is 0 Å². The van der Waals surface area contributed by atoms with Crippen LogP contribution < -0.4 is 0 Å². The van der Waals surface area contributed by atoms with Crippen LogP contribution in [0.2, 0.25) is 0 Å². The van der Waals surface area contributed by atoms with Crippen LogP contribution in [0.4, 0.5) is 0 Å². The summed E-state index contributed by atoms with van der Waals surface area (Å²) < 4.78 is 0. The van der Waals surface area contributed by atoms with Gasteiger partial charge in [-0.25, -0.2) is 0 Å². The van der Waals surface area contributed by atoms with Crippen molar-refractivity contribution in [3.8, 4) is 0 Å². The Hall–Kier alpha value is 4.68. The van der Waals surface area contributed by atoms with E-state index in [0.717, 1.165) is 0 Å². The predicted octanol–water partition coefficient (Wildman–Crippen LogP) is -4.09. The van der Waals surface area contributed by atoms with Crippen molar-refractivity contribution in [2.45, 2.75) is 0 Å². The van der Waals surface area contributed by atoms with E-state index in [1.54, 1.807) is 0 Å². The third-order valence-corrected chi connectivity index (χ3v) is 0. The topological polar surface area (TPSA) is 342 Å². The minimum Gasteiger partial charge on any atom is -2.00 e. The van der Waals surface area contributed by atoms with Crippen LogP contribution in [0.25, 0.3) is 0 Å². The molecule has 0 N–H and O–H groups in total. The summed E-state index contributed by atoms with van der Waals surface area (Å²) in [6.45, 7) is 0. The minimum atomic E-state index is 0. The van der Waals surface area contributed by atoms with Gasteiger partial charge in [-0.05, 0) is 0 Å². The summed E-state index contributed by atoms with van der Waals surface area (Å²) in [6, 6.07) is 0. The first-order valence-corrected chi connectivity index (χ1v) is 0. The first kappa shape index (κ1) is 556. The second-order valence-electron chi connectivity index (χ2n) is 0. The van der Waals surface area contributed by atoms with E-state index >= 15 is 0 Å². The molecular formula is Bi4Ge3O12. The zero-order chi connectivity index (χ0) is 0. The van der Waals surface area contributed by atoms with Gasteiger partial charge in [0, 0.05) is 0 Å². The Labute approximate surface area is 219 Å². The van der Waals surface area contributed by atoms with E-state index in [9.17, 15) is 0 Å². The van der Waals surface area contributed by atoms with E-state index in [1.165, 1.54) is 0 Å². The molecule has 0 fully saturated rings. The van der Waals surface area contributed by atoms with Crippen LogP contribution in [-0.2, 0) is 65.7 Å². The van der Waals surface area contributed by atoms with Crippen molar-refractivity contribution in [2.75, 3.05) is 0 Å². The molecule has 0 spiro atoms. The first-order valence-electron chi connectivity index (χ1n) is 0. The molecule has 0 saturated carbocycles. The average molecular weight is 1250 g/mol. The summed E-state index contributed by atoms with van der Waals surface area (Å²) in [5.74, 6) is 0. The van der Waals surface area contributed by atoms with Gasteiger partial charge in [-0.15, -0.1) is 0 Å². The van der Waals surface area contributed by atoms with Crippen LogP contribution >= 0.6 is 0 Å². The fourth-order valence-corrected chi connectivity index (χ4v) is 0. The summed E-state index contributed by atoms with van der Waals surface area (Å²) in [4.78, 5) is 0. The van der Waals surface area contributed by atoms with Crippen LogP contribution in [0, 0.1) is 0 Å². The summed E-state index contributed by atoms with van der Waals surface area (Å²) >= 11 is 0. The van der Waals surface area contributed by atoms with Crippen LogP contribution in [-0.4, -0.2) is 158 Å². The molecule has 0 rings (SSSR count). The molecule has 0 aromatic carbocycles. The molecule has 0 aliphatic heterocycles. The third-order valence-electron chi connectivity index (χ3n) is 0. The molecule has 0 amide bonds. The van der Waals surface area contributed by atoms with Gasteiger partial charge in [0.15, 0.2) is 0 Å². The summed E-state index contributed by atoms with van der Waals surface area (Å²) in [6.07, 6.45) is 0. The Morgan fingerprint density at radius 2 is 0.158 bits per heavy atom. The molecule has 0 aliphatic rings. The van der Waals surface area contributed by atoms with Gasteiger partial charge >= 0.3 is 158 Å². The van der Waals surface area contributed by atoms with Crippen molar-refractivity contribution in [1.29, 1.82) is 0 Å². The predicted molar refractivity (Wildman–Crippen MR) is 48.5 cm³/mol. The maximum atomic E-state index is 0. The first-order chi connectivity index (χ1) is 0. The van der Waals surface area contributed by atoms with E-state index in [1.807, 2.05) is 0 Å². The van der Waals surface area contributed by atoms with Gasteiger partial charge in [-0.1, -0.05) is 0 Å². The molecule has 0 aromatic rings. The summed E-state index contributed by atoms with van der Waals surface area (Å²) in [7, 11) is 0. The molecule has 12 nitrogen and oxygen atoms in total. The van der Waals surface area contributed by atoms with E-state index in [2.05, 4.69) is 0 Å². The van der Waals surface area contributed by atoms with Gasteiger partial charge in [0.1, 0.15) is 0 Å². The monoisotopic (exact) mass is 1250 g/mol. The van der Waals surface area contributed by atoms with Crippen molar-refractivity contribution < 1.29 is 65.7 Å². The fourth-order valence-electron chi connectivity index (χ4n) is 0. The van der Waals surface area contributed by atoms with Crippen molar-refractivity contribution in [3.63, 3.8) is 0 Å². The Morgan fingerprint density at radius 3 is 0.158 bits per heavy atom. The largest absolute Gasteiger partial charge is 4.00 e. The Morgan fingerprint density at radius 1 is 0.158 bits per heavy atom. The molecule has 0 aliphatic carbocycles. The van der Waals surface area contributed by atoms with Gasteiger partial charge in [0.2, 0.25) is 0 Å². The van der Waals surface area contributed by atoms with Crippen molar-refractivity contribution in [2.24, 2.45) is 0 Å². The van der Waals surface area contributed by atoms with Gasteiger partial charge in [0.25, 0.3) is 0 Å². The molecule has 0 bridgehead atoms. The van der Waals surface area contributed by atoms with Crippen LogP contribution in [0.1, 0.15) is 0 Å². The molecule has 19 heteroatoms. The number of hydrogen-bond donors (Lipinski definition) is 0. The molecule has 8 radical (unpaired) electrons. The average Bonchev–Trinajstić information content (AvgIpc) is 0. The smallest absolute Gasteiger partial charge is 2.00 e. The van der Waals surface area contributed by atoms with E-state index in [-0.39, 0.29) is 223 Å². The van der Waals surface area contributed by atoms with Gasteiger partial charge in [0.05, 0.1) is 0 Å². The molecule has 0 unspecified atom stereocenters. The molecule has 104 valence electrons. The van der Waals surface area contributed by atoms with Gasteiger partial charge < -0.3 is 65.7 Å². The maximum Gasteiger partial charge on any atom is 4.00 e. The van der Waals surface area contributed by atoms with Crippen molar-refractivity contribution in [1.82, 2.24) is 0 Å². The van der Waals surface area contributed by atoms with Crippen LogP contribution in [0.15, 0.2) is 0 Å². The van der Waals surface area contributed by atoms with E-state index < -0.39 is 0 Å². The second kappa shape index (κ2) is 487. The summed E-state index contributed by atoms with van der Waals surface area (Å²) in [5, 5.41) is 0. The zero-order valence-corrected chi connectivity index (χ0v) is 28.4. The Kier molecular flexibility index (Phi) is 14200. The molecule has 0 saturated heterocycles. The number of rotatable bonds is 0. The molecular weight excluding hydrogens is 1250 g/mol. The fraction of sp³-hybridized carbons (Fsp3) is 0. The standard InChI is InChI=1S/4Bi.3Ge.12O/q4*+3;3*+4;12*-2. The van der Waals surface area contributed by atoms with Crippen LogP contribution in [0.3, 0.4) is 0 Å². The van der Waals surface area contributed by atoms with Gasteiger partial charge in [-0.3, -0.25) is 0 Å². The molecule has 0 aromatic heterocycles. The molecule has 0 atom stereocenters. The SMILES string of the molecule is [Bi+3].[Bi+3].[Bi+3].[Bi+3].[Ge+4].[Ge+4].[Ge+4].[O-2].[O-2].[O-2].[O-2].[O-2].[O-2].[O-2].[O-2].[O-2].[O-2].[O-2].[O-2]. The minimum absolute atomic E-state index is 0. The number of hydrogen-bond acceptors (Lipinski definition) is 0. The normalized spacial score (nSPS) is 0. The van der Waals surface area contributed by atoms with E-state index in [0.29, 0.717) is 0 Å². The van der Waals surface area contributed by atoms with Gasteiger partial charge in [-0.2, -0.15) is 0 Å². The zero-order valence-electron chi connectivity index (χ0n) is 8.19. The maximum absolute atomic E-state index is 0. The van der Waals surface area contributed by atoms with Crippen LogP contribution in [0.5, 0.6) is 0 Å². The second-order valence-corrected chi connectivity index (χ2v) is 0. The van der Waals surface area contributed by atoms with Crippen molar-refractivity contribution in [3.05, 3.63) is 0 Å². The Balaban J connectivity index is 0.